The number of nitrogens with zero attached hydrogens (tertiary/aromatic N) is 2. The Morgan fingerprint density at radius 1 is 1.00 bits per heavy atom. The van der Waals surface area contributed by atoms with Gasteiger partial charge in [0.2, 0.25) is 0 Å². The zero-order chi connectivity index (χ0) is 27.8. The lowest BCUT2D eigenvalue weighted by Crippen LogP contribution is -2.38. The van der Waals surface area contributed by atoms with Crippen molar-refractivity contribution < 1.29 is 17.9 Å². The molecule has 0 aliphatic carbocycles. The summed E-state index contributed by atoms with van der Waals surface area (Å²) in [6.07, 6.45) is 1.98. The molecule has 4 aromatic rings. The number of allylic oxidation sites excluding steroid dienone is 1. The van der Waals surface area contributed by atoms with E-state index in [-0.39, 0.29) is 22.3 Å². The second-order valence-corrected chi connectivity index (χ2v) is 10.6. The summed E-state index contributed by atoms with van der Waals surface area (Å²) in [7, 11) is -3.91. The van der Waals surface area contributed by atoms with Crippen LogP contribution in [0, 0.1) is 0 Å². The van der Waals surface area contributed by atoms with Crippen LogP contribution in [0.3, 0.4) is 0 Å². The van der Waals surface area contributed by atoms with Gasteiger partial charge in [0.15, 0.2) is 10.8 Å². The molecule has 0 unspecified atom stereocenters. The Bertz CT molecular complexity index is 1580. The average Bonchev–Trinajstić information content (AvgIpc) is 3.39. The molecule has 2 N–H and O–H groups in total. The van der Waals surface area contributed by atoms with E-state index < -0.39 is 16.0 Å². The van der Waals surface area contributed by atoms with Gasteiger partial charge in [-0.3, -0.25) is 4.72 Å². The van der Waals surface area contributed by atoms with Crippen LogP contribution in [0.25, 0.3) is 17.3 Å². The Hall–Kier alpha value is -4.28. The predicted octanol–water partition coefficient (Wildman–Crippen LogP) is 4.96. The first-order valence-electron chi connectivity index (χ1n) is 12.2. The number of thiocarbonyl (C=S) groups is 1. The van der Waals surface area contributed by atoms with Crippen molar-refractivity contribution in [2.24, 2.45) is 0 Å². The van der Waals surface area contributed by atoms with Crippen molar-refractivity contribution in [1.29, 1.82) is 0 Å². The molecule has 0 radical (unpaired) electrons. The molecule has 0 aliphatic heterocycles. The van der Waals surface area contributed by atoms with Crippen LogP contribution >= 0.6 is 12.2 Å². The molecule has 4 rings (SSSR count). The zero-order valence-corrected chi connectivity index (χ0v) is 23.1. The van der Waals surface area contributed by atoms with Crippen molar-refractivity contribution in [3.05, 3.63) is 114 Å². The summed E-state index contributed by atoms with van der Waals surface area (Å²) < 4.78 is 35.0. The minimum absolute atomic E-state index is 0.00181. The summed E-state index contributed by atoms with van der Waals surface area (Å²) in [4.78, 5) is 12.5. The smallest absolute Gasteiger partial charge is 0.358 e. The second kappa shape index (κ2) is 12.5. The van der Waals surface area contributed by atoms with E-state index in [0.717, 1.165) is 16.7 Å². The predicted molar refractivity (Wildman–Crippen MR) is 156 cm³/mol. The zero-order valence-electron chi connectivity index (χ0n) is 21.5. The van der Waals surface area contributed by atoms with E-state index in [0.29, 0.717) is 17.9 Å². The Morgan fingerprint density at radius 3 is 2.28 bits per heavy atom. The molecule has 0 spiro atoms. The number of hydrogen-bond donors (Lipinski definition) is 2. The third-order valence-corrected chi connectivity index (χ3v) is 7.44. The fraction of sp³-hybridized carbons (Fsp3) is 0.138. The molecule has 0 fully saturated rings. The molecule has 1 heterocycles. The average molecular weight is 561 g/mol. The molecule has 3 aromatic carbocycles. The fourth-order valence-electron chi connectivity index (χ4n) is 3.80. The van der Waals surface area contributed by atoms with E-state index in [1.54, 1.807) is 29.8 Å². The second-order valence-electron chi connectivity index (χ2n) is 8.55. The number of sulfonamides is 1. The van der Waals surface area contributed by atoms with Gasteiger partial charge in [0.1, 0.15) is 0 Å². The van der Waals surface area contributed by atoms with E-state index in [1.807, 2.05) is 73.7 Å². The van der Waals surface area contributed by atoms with Crippen LogP contribution in [-0.4, -0.2) is 35.9 Å². The lowest BCUT2D eigenvalue weighted by atomic mass is 10.1. The molecule has 0 atom stereocenters. The molecule has 200 valence electrons. The normalized spacial score (nSPS) is 11.6. The van der Waals surface area contributed by atoms with Crippen LogP contribution in [0.2, 0.25) is 0 Å². The standard InChI is InChI=1S/C29H28N4O4S2/c1-3-37-28(34)26-19-27(21(2)18-22-10-6-4-7-11-22)33(31-26)24-14-16-25(17-15-24)39(35,36)32-29(38)30-20-23-12-8-5-9-13-23/h4-19H,3,20H2,1-2H3,(H2,30,32,38)/b21-18+. The Balaban J connectivity index is 1.57. The number of hydrogen-bond acceptors (Lipinski definition) is 6. The van der Waals surface area contributed by atoms with Gasteiger partial charge in [0.05, 0.1) is 22.9 Å². The molecular formula is C29H28N4O4S2. The van der Waals surface area contributed by atoms with Gasteiger partial charge in [0, 0.05) is 6.54 Å². The maximum Gasteiger partial charge on any atom is 0.358 e. The summed E-state index contributed by atoms with van der Waals surface area (Å²) in [6.45, 7) is 4.26. The largest absolute Gasteiger partial charge is 0.461 e. The molecule has 8 nitrogen and oxygen atoms in total. The highest BCUT2D eigenvalue weighted by Crippen LogP contribution is 2.24. The molecule has 0 bridgehead atoms. The quantitative estimate of drug-likeness (QED) is 0.220. The first kappa shape index (κ1) is 27.7. The van der Waals surface area contributed by atoms with Crippen LogP contribution in [-0.2, 0) is 21.3 Å². The Kier molecular flexibility index (Phi) is 8.90. The maximum absolute atomic E-state index is 12.9. The number of esters is 1. The van der Waals surface area contributed by atoms with Gasteiger partial charge in [-0.1, -0.05) is 60.7 Å². The first-order valence-corrected chi connectivity index (χ1v) is 14.1. The van der Waals surface area contributed by atoms with Crippen molar-refractivity contribution in [3.63, 3.8) is 0 Å². The molecular weight excluding hydrogens is 532 g/mol. The van der Waals surface area contributed by atoms with E-state index in [4.69, 9.17) is 17.0 Å². The van der Waals surface area contributed by atoms with Crippen molar-refractivity contribution in [3.8, 4) is 5.69 Å². The molecule has 0 aliphatic rings. The third-order valence-electron chi connectivity index (χ3n) is 5.70. The van der Waals surface area contributed by atoms with Crippen LogP contribution < -0.4 is 10.0 Å². The minimum Gasteiger partial charge on any atom is -0.461 e. The summed E-state index contributed by atoms with van der Waals surface area (Å²) >= 11 is 5.19. The highest BCUT2D eigenvalue weighted by Gasteiger charge is 2.19. The molecule has 0 saturated carbocycles. The van der Waals surface area contributed by atoms with E-state index >= 15 is 0 Å². The summed E-state index contributed by atoms with van der Waals surface area (Å²) in [5.74, 6) is -0.537. The highest BCUT2D eigenvalue weighted by molar-refractivity contribution is 7.91. The lowest BCUT2D eigenvalue weighted by Gasteiger charge is -2.12. The maximum atomic E-state index is 12.9. The number of ether oxygens (including phenoxy) is 1. The third kappa shape index (κ3) is 7.18. The minimum atomic E-state index is -3.91. The van der Waals surface area contributed by atoms with Gasteiger partial charge in [-0.05, 0) is 79.2 Å². The number of aromatic nitrogens is 2. The number of carbonyl (C=O) groups is 1. The van der Waals surface area contributed by atoms with Crippen LogP contribution in [0.5, 0.6) is 0 Å². The van der Waals surface area contributed by atoms with Gasteiger partial charge < -0.3 is 10.1 Å². The van der Waals surface area contributed by atoms with Crippen LogP contribution in [0.15, 0.2) is 95.9 Å². The van der Waals surface area contributed by atoms with Gasteiger partial charge in [0.25, 0.3) is 10.0 Å². The van der Waals surface area contributed by atoms with Gasteiger partial charge >= 0.3 is 5.97 Å². The Labute approximate surface area is 233 Å². The summed E-state index contributed by atoms with van der Waals surface area (Å²) in [5.41, 5.74) is 4.22. The van der Waals surface area contributed by atoms with E-state index in [1.165, 1.54) is 12.1 Å². The molecule has 10 heteroatoms. The number of rotatable bonds is 9. The summed E-state index contributed by atoms with van der Waals surface area (Å²) in [5, 5.41) is 7.36. The van der Waals surface area contributed by atoms with Gasteiger partial charge in [-0.15, -0.1) is 0 Å². The van der Waals surface area contributed by atoms with E-state index in [2.05, 4.69) is 15.1 Å². The number of carbonyl (C=O) groups excluding carboxylic acids is 1. The van der Waals surface area contributed by atoms with Crippen molar-refractivity contribution >= 4 is 45.0 Å². The van der Waals surface area contributed by atoms with Gasteiger partial charge in [-0.2, -0.15) is 5.10 Å². The van der Waals surface area contributed by atoms with Crippen molar-refractivity contribution in [2.45, 2.75) is 25.3 Å². The molecule has 39 heavy (non-hydrogen) atoms. The van der Waals surface area contributed by atoms with Gasteiger partial charge in [-0.25, -0.2) is 17.9 Å². The van der Waals surface area contributed by atoms with Crippen molar-refractivity contribution in [2.75, 3.05) is 6.61 Å². The van der Waals surface area contributed by atoms with Crippen LogP contribution in [0.1, 0.15) is 41.2 Å². The monoisotopic (exact) mass is 560 g/mol. The van der Waals surface area contributed by atoms with Crippen molar-refractivity contribution in [1.82, 2.24) is 19.8 Å². The summed E-state index contributed by atoms with van der Waals surface area (Å²) in [6, 6.07) is 27.1. The lowest BCUT2D eigenvalue weighted by molar-refractivity contribution is 0.0519. The number of nitrogens with one attached hydrogen (secondary N) is 2. The Morgan fingerprint density at radius 2 is 1.64 bits per heavy atom. The first-order chi connectivity index (χ1) is 18.8. The topological polar surface area (TPSA) is 102 Å². The fourth-order valence-corrected chi connectivity index (χ4v) is 5.13. The molecule has 0 saturated heterocycles. The highest BCUT2D eigenvalue weighted by atomic mass is 32.2. The number of benzene rings is 3. The molecule has 1 aromatic heterocycles. The van der Waals surface area contributed by atoms with Crippen LogP contribution in [0.4, 0.5) is 0 Å². The molecule has 0 amide bonds. The SMILES string of the molecule is CCOC(=O)c1cc(/C(C)=C/c2ccccc2)n(-c2ccc(S(=O)(=O)NC(=S)NCc3ccccc3)cc2)n1. The van der Waals surface area contributed by atoms with E-state index in [9.17, 15) is 13.2 Å².